The maximum atomic E-state index is 12.4. The summed E-state index contributed by atoms with van der Waals surface area (Å²) in [4.78, 5) is 12.4. The van der Waals surface area contributed by atoms with Crippen molar-refractivity contribution in [1.82, 2.24) is 0 Å². The van der Waals surface area contributed by atoms with E-state index in [1.165, 1.54) is 19.3 Å². The smallest absolute Gasteiger partial charge is 0.314 e. The summed E-state index contributed by atoms with van der Waals surface area (Å²) in [6, 6.07) is 7.51. The fraction of sp³-hybridized carbons (Fsp3) is 0.632. The molecule has 3 fully saturated rings. The van der Waals surface area contributed by atoms with Gasteiger partial charge in [-0.05, 0) is 61.6 Å². The first-order valence-corrected chi connectivity index (χ1v) is 8.69. The third-order valence-corrected chi connectivity index (χ3v) is 6.06. The Kier molecular flexibility index (Phi) is 3.48. The number of benzene rings is 1. The largest absolute Gasteiger partial charge is 0.426 e. The Balaban J connectivity index is 1.48. The summed E-state index contributed by atoms with van der Waals surface area (Å²) >= 11 is 0. The number of aliphatic hydroxyl groups is 1. The van der Waals surface area contributed by atoms with Gasteiger partial charge in [0, 0.05) is 0 Å². The Hall–Kier alpha value is -1.35. The SMILES string of the molecule is O=C(Oc1cccc(C2(O)CCCC2)c1)C1CC2CCC1C2. The molecule has 4 rings (SSSR count). The highest BCUT2D eigenvalue weighted by Gasteiger charge is 2.44. The molecule has 3 nitrogen and oxygen atoms in total. The fourth-order valence-electron chi connectivity index (χ4n) is 4.82. The molecule has 0 amide bonds. The van der Waals surface area contributed by atoms with E-state index in [4.69, 9.17) is 4.74 Å². The van der Waals surface area contributed by atoms with Crippen molar-refractivity contribution in [2.75, 3.05) is 0 Å². The number of hydrogen-bond acceptors (Lipinski definition) is 3. The van der Waals surface area contributed by atoms with E-state index in [2.05, 4.69) is 0 Å². The Morgan fingerprint density at radius 3 is 2.68 bits per heavy atom. The molecule has 0 spiro atoms. The zero-order valence-electron chi connectivity index (χ0n) is 13.0. The molecule has 118 valence electrons. The van der Waals surface area contributed by atoms with Gasteiger partial charge in [-0.15, -0.1) is 0 Å². The molecule has 0 radical (unpaired) electrons. The number of ether oxygens (including phenoxy) is 1. The zero-order valence-corrected chi connectivity index (χ0v) is 13.0. The van der Waals surface area contributed by atoms with Crippen molar-refractivity contribution in [3.8, 4) is 5.75 Å². The second-order valence-corrected chi connectivity index (χ2v) is 7.47. The molecule has 0 aliphatic heterocycles. The molecule has 3 unspecified atom stereocenters. The molecule has 22 heavy (non-hydrogen) atoms. The van der Waals surface area contributed by atoms with Crippen molar-refractivity contribution in [1.29, 1.82) is 0 Å². The summed E-state index contributed by atoms with van der Waals surface area (Å²) in [5, 5.41) is 10.7. The lowest BCUT2D eigenvalue weighted by Crippen LogP contribution is -2.26. The molecule has 3 saturated carbocycles. The molecular formula is C19H24O3. The van der Waals surface area contributed by atoms with Gasteiger partial charge in [0.2, 0.25) is 0 Å². The Morgan fingerprint density at radius 1 is 1.18 bits per heavy atom. The second kappa shape index (κ2) is 5.38. The molecule has 1 aromatic rings. The van der Waals surface area contributed by atoms with Gasteiger partial charge in [-0.1, -0.05) is 31.4 Å². The van der Waals surface area contributed by atoms with Crippen LogP contribution in [0.5, 0.6) is 5.75 Å². The summed E-state index contributed by atoms with van der Waals surface area (Å²) in [6.45, 7) is 0. The molecule has 1 aromatic carbocycles. The lowest BCUT2D eigenvalue weighted by Gasteiger charge is -2.24. The summed E-state index contributed by atoms with van der Waals surface area (Å²) in [5.41, 5.74) is 0.165. The van der Waals surface area contributed by atoms with Crippen LogP contribution in [-0.4, -0.2) is 11.1 Å². The fourth-order valence-corrected chi connectivity index (χ4v) is 4.82. The van der Waals surface area contributed by atoms with Crippen molar-refractivity contribution in [2.24, 2.45) is 17.8 Å². The molecule has 3 aliphatic rings. The van der Waals surface area contributed by atoms with Gasteiger partial charge in [0.25, 0.3) is 0 Å². The maximum absolute atomic E-state index is 12.4. The van der Waals surface area contributed by atoms with Crippen molar-refractivity contribution >= 4 is 5.97 Å². The Morgan fingerprint density at radius 2 is 2.00 bits per heavy atom. The van der Waals surface area contributed by atoms with Crippen molar-refractivity contribution in [3.63, 3.8) is 0 Å². The molecule has 1 N–H and O–H groups in total. The number of hydrogen-bond donors (Lipinski definition) is 1. The monoisotopic (exact) mass is 300 g/mol. The normalized spacial score (nSPS) is 32.3. The van der Waals surface area contributed by atoms with Crippen LogP contribution in [0.25, 0.3) is 0 Å². The third-order valence-electron chi connectivity index (χ3n) is 6.06. The minimum Gasteiger partial charge on any atom is -0.426 e. The molecule has 2 bridgehead atoms. The van der Waals surface area contributed by atoms with E-state index in [1.54, 1.807) is 0 Å². The van der Waals surface area contributed by atoms with Gasteiger partial charge in [-0.2, -0.15) is 0 Å². The minimum absolute atomic E-state index is 0.0669. The number of rotatable bonds is 3. The predicted molar refractivity (Wildman–Crippen MR) is 83.4 cm³/mol. The van der Waals surface area contributed by atoms with Gasteiger partial charge in [0.05, 0.1) is 11.5 Å². The van der Waals surface area contributed by atoms with E-state index in [-0.39, 0.29) is 11.9 Å². The zero-order chi connectivity index (χ0) is 15.2. The summed E-state index contributed by atoms with van der Waals surface area (Å²) in [6.07, 6.45) is 8.42. The quantitative estimate of drug-likeness (QED) is 0.682. The van der Waals surface area contributed by atoms with E-state index in [0.29, 0.717) is 11.7 Å². The van der Waals surface area contributed by atoms with Crippen LogP contribution in [-0.2, 0) is 10.4 Å². The van der Waals surface area contributed by atoms with Crippen LogP contribution in [0, 0.1) is 17.8 Å². The average Bonchev–Trinajstić information content (AvgIpc) is 3.24. The van der Waals surface area contributed by atoms with Crippen LogP contribution >= 0.6 is 0 Å². The van der Waals surface area contributed by atoms with Crippen molar-refractivity contribution in [2.45, 2.75) is 57.0 Å². The van der Waals surface area contributed by atoms with Gasteiger partial charge < -0.3 is 9.84 Å². The standard InChI is InChI=1S/C19H24O3/c20-18(17-11-13-6-7-14(17)10-13)22-16-5-3-4-15(12-16)19(21)8-1-2-9-19/h3-5,12-14,17,21H,1-2,6-11H2. The number of esters is 1. The minimum atomic E-state index is -0.727. The van der Waals surface area contributed by atoms with Crippen LogP contribution in [0.1, 0.15) is 56.9 Å². The summed E-state index contributed by atoms with van der Waals surface area (Å²) < 4.78 is 5.65. The van der Waals surface area contributed by atoms with E-state index in [1.807, 2.05) is 24.3 Å². The molecule has 3 aliphatic carbocycles. The molecule has 0 saturated heterocycles. The van der Waals surface area contributed by atoms with E-state index >= 15 is 0 Å². The van der Waals surface area contributed by atoms with Crippen LogP contribution in [0.2, 0.25) is 0 Å². The average molecular weight is 300 g/mol. The van der Waals surface area contributed by atoms with Crippen molar-refractivity contribution in [3.05, 3.63) is 29.8 Å². The number of carbonyl (C=O) groups excluding carboxylic acids is 1. The summed E-state index contributed by atoms with van der Waals surface area (Å²) in [5.74, 6) is 1.90. The third kappa shape index (κ3) is 2.45. The van der Waals surface area contributed by atoms with Gasteiger partial charge in [-0.3, -0.25) is 4.79 Å². The lowest BCUT2D eigenvalue weighted by atomic mass is 9.89. The first-order chi connectivity index (χ1) is 10.6. The first kappa shape index (κ1) is 14.3. The Bertz CT molecular complexity index is 574. The summed E-state index contributed by atoms with van der Waals surface area (Å²) in [7, 11) is 0. The molecule has 3 atom stereocenters. The molecular weight excluding hydrogens is 276 g/mol. The first-order valence-electron chi connectivity index (χ1n) is 8.69. The highest BCUT2D eigenvalue weighted by Crippen LogP contribution is 2.48. The lowest BCUT2D eigenvalue weighted by molar-refractivity contribution is -0.140. The Labute approximate surface area is 131 Å². The highest BCUT2D eigenvalue weighted by atomic mass is 16.5. The van der Waals surface area contributed by atoms with Crippen LogP contribution in [0.4, 0.5) is 0 Å². The van der Waals surface area contributed by atoms with Gasteiger partial charge in [0.15, 0.2) is 0 Å². The van der Waals surface area contributed by atoms with Crippen LogP contribution in [0.3, 0.4) is 0 Å². The van der Waals surface area contributed by atoms with Crippen LogP contribution < -0.4 is 4.74 Å². The number of fused-ring (bicyclic) bond motifs is 2. The maximum Gasteiger partial charge on any atom is 0.314 e. The second-order valence-electron chi connectivity index (χ2n) is 7.47. The van der Waals surface area contributed by atoms with Gasteiger partial charge in [-0.25, -0.2) is 0 Å². The van der Waals surface area contributed by atoms with Crippen LogP contribution in [0.15, 0.2) is 24.3 Å². The predicted octanol–water partition coefficient (Wildman–Crippen LogP) is 3.79. The van der Waals surface area contributed by atoms with E-state index < -0.39 is 5.60 Å². The molecule has 0 heterocycles. The number of carbonyl (C=O) groups is 1. The van der Waals surface area contributed by atoms with Gasteiger partial charge in [0.1, 0.15) is 5.75 Å². The molecule has 3 heteroatoms. The topological polar surface area (TPSA) is 46.5 Å². The van der Waals surface area contributed by atoms with E-state index in [9.17, 15) is 9.90 Å². The molecule has 0 aromatic heterocycles. The van der Waals surface area contributed by atoms with E-state index in [0.717, 1.165) is 43.6 Å². The highest BCUT2D eigenvalue weighted by molar-refractivity contribution is 5.76. The van der Waals surface area contributed by atoms with Gasteiger partial charge >= 0.3 is 5.97 Å². The van der Waals surface area contributed by atoms with Crippen molar-refractivity contribution < 1.29 is 14.6 Å².